The van der Waals surface area contributed by atoms with Gasteiger partial charge in [-0.1, -0.05) is 41.9 Å². The third-order valence-electron chi connectivity index (χ3n) is 4.97. The van der Waals surface area contributed by atoms with Gasteiger partial charge in [0.1, 0.15) is 5.60 Å². The summed E-state index contributed by atoms with van der Waals surface area (Å²) < 4.78 is 6.00. The molecule has 0 aliphatic carbocycles. The Morgan fingerprint density at radius 2 is 1.88 bits per heavy atom. The highest BCUT2D eigenvalue weighted by Gasteiger charge is 2.46. The molecule has 2 aromatic rings. The first kappa shape index (κ1) is 16.2. The molecule has 0 unspecified atom stereocenters. The Hall–Kier alpha value is -2.26. The van der Waals surface area contributed by atoms with Gasteiger partial charge in [0, 0.05) is 23.7 Å². The Morgan fingerprint density at radius 1 is 1.12 bits per heavy atom. The van der Waals surface area contributed by atoms with E-state index in [0.717, 1.165) is 32.4 Å². The van der Waals surface area contributed by atoms with Crippen molar-refractivity contribution in [1.82, 2.24) is 4.90 Å². The van der Waals surface area contributed by atoms with Gasteiger partial charge >= 0.3 is 5.97 Å². The number of carbonyl (C=O) groups is 1. The van der Waals surface area contributed by atoms with Gasteiger partial charge in [-0.2, -0.15) is 0 Å². The Balaban J connectivity index is 1.54. The van der Waals surface area contributed by atoms with Gasteiger partial charge in [0.25, 0.3) is 0 Å². The number of benzene rings is 2. The van der Waals surface area contributed by atoms with Crippen LogP contribution in [0.1, 0.15) is 35.2 Å². The first-order chi connectivity index (χ1) is 12.1. The second-order valence-electron chi connectivity index (χ2n) is 6.83. The van der Waals surface area contributed by atoms with Crippen molar-refractivity contribution in [3.8, 4) is 0 Å². The van der Waals surface area contributed by atoms with Crippen LogP contribution in [-0.2, 0) is 4.74 Å². The fraction of sp³-hybridized carbons (Fsp3) is 0.286. The number of esters is 1. The molecule has 25 heavy (non-hydrogen) atoms. The quantitative estimate of drug-likeness (QED) is 0.744. The summed E-state index contributed by atoms with van der Waals surface area (Å²) >= 11 is 5.90. The minimum atomic E-state index is -0.407. The van der Waals surface area contributed by atoms with Crippen LogP contribution in [0.2, 0.25) is 5.02 Å². The Bertz CT molecular complexity index is 800. The molecule has 2 aliphatic heterocycles. The summed E-state index contributed by atoms with van der Waals surface area (Å²) in [5.41, 5.74) is 2.59. The molecule has 3 nitrogen and oxygen atoms in total. The zero-order valence-electron chi connectivity index (χ0n) is 14.0. The molecule has 2 heterocycles. The highest BCUT2D eigenvalue weighted by atomic mass is 35.5. The van der Waals surface area contributed by atoms with Crippen molar-refractivity contribution in [3.63, 3.8) is 0 Å². The highest BCUT2D eigenvalue weighted by Crippen LogP contribution is 2.41. The topological polar surface area (TPSA) is 29.5 Å². The Kier molecular flexibility index (Phi) is 4.26. The van der Waals surface area contributed by atoms with Gasteiger partial charge in [-0.15, -0.1) is 0 Å². The zero-order chi connectivity index (χ0) is 17.3. The third-order valence-corrected chi connectivity index (χ3v) is 5.22. The van der Waals surface area contributed by atoms with Crippen LogP contribution in [0.15, 0.2) is 60.3 Å². The minimum Gasteiger partial charge on any atom is -0.453 e. The van der Waals surface area contributed by atoms with Gasteiger partial charge in [0.2, 0.25) is 0 Å². The summed E-state index contributed by atoms with van der Waals surface area (Å²) in [6.45, 7) is 1.81. The zero-order valence-corrected chi connectivity index (χ0v) is 14.7. The molecule has 0 amide bonds. The van der Waals surface area contributed by atoms with Crippen molar-refractivity contribution in [2.24, 2.45) is 0 Å². The fourth-order valence-corrected chi connectivity index (χ4v) is 3.90. The molecule has 2 aliphatic rings. The van der Waals surface area contributed by atoms with Crippen molar-refractivity contribution >= 4 is 23.6 Å². The molecule has 4 rings (SSSR count). The van der Waals surface area contributed by atoms with Crippen LogP contribution >= 0.6 is 11.6 Å². The number of halogens is 1. The summed E-state index contributed by atoms with van der Waals surface area (Å²) in [6, 6.07) is 17.2. The first-order valence-corrected chi connectivity index (χ1v) is 9.01. The molecule has 128 valence electrons. The van der Waals surface area contributed by atoms with Crippen LogP contribution in [0.25, 0.3) is 6.08 Å². The Morgan fingerprint density at radius 3 is 2.64 bits per heavy atom. The van der Waals surface area contributed by atoms with Crippen LogP contribution in [0.3, 0.4) is 0 Å². The largest absolute Gasteiger partial charge is 0.453 e. The second-order valence-corrected chi connectivity index (χ2v) is 7.26. The van der Waals surface area contributed by atoms with Crippen molar-refractivity contribution < 1.29 is 9.53 Å². The maximum Gasteiger partial charge on any atom is 0.338 e. The van der Waals surface area contributed by atoms with Crippen molar-refractivity contribution in [2.45, 2.75) is 24.9 Å². The molecule has 0 spiro atoms. The summed E-state index contributed by atoms with van der Waals surface area (Å²) in [5.74, 6) is -0.264. The maximum atomic E-state index is 12.6. The number of fused-ring (bicyclic) bond motifs is 2. The van der Waals surface area contributed by atoms with E-state index in [0.29, 0.717) is 10.6 Å². The average Bonchev–Trinajstić information content (AvgIpc) is 2.85. The normalized spacial score (nSPS) is 23.7. The molecule has 1 atom stereocenters. The SMILES string of the molecule is O=C(O[C@@]12CCCN(C1)/C(=C/c1ccccc1)C2)c1ccc(Cl)cc1. The van der Waals surface area contributed by atoms with Gasteiger partial charge in [-0.3, -0.25) is 0 Å². The molecule has 2 fully saturated rings. The van der Waals surface area contributed by atoms with Crippen LogP contribution in [0.4, 0.5) is 0 Å². The van der Waals surface area contributed by atoms with E-state index in [2.05, 4.69) is 23.1 Å². The molecular weight excluding hydrogens is 334 g/mol. The van der Waals surface area contributed by atoms with Crippen LogP contribution < -0.4 is 0 Å². The van der Waals surface area contributed by atoms with E-state index >= 15 is 0 Å². The van der Waals surface area contributed by atoms with Crippen molar-refractivity contribution in [3.05, 3.63) is 76.4 Å². The number of nitrogens with zero attached hydrogens (tertiary/aromatic N) is 1. The number of ether oxygens (including phenoxy) is 1. The van der Waals surface area contributed by atoms with Crippen LogP contribution in [0, 0.1) is 0 Å². The van der Waals surface area contributed by atoms with E-state index in [1.807, 2.05) is 18.2 Å². The van der Waals surface area contributed by atoms with E-state index in [1.54, 1.807) is 24.3 Å². The highest BCUT2D eigenvalue weighted by molar-refractivity contribution is 6.30. The van der Waals surface area contributed by atoms with E-state index in [4.69, 9.17) is 16.3 Å². The van der Waals surface area contributed by atoms with Gasteiger partial charge in [-0.05, 0) is 48.7 Å². The van der Waals surface area contributed by atoms with Gasteiger partial charge in [0.05, 0.1) is 12.1 Å². The maximum absolute atomic E-state index is 12.6. The van der Waals surface area contributed by atoms with Crippen LogP contribution in [-0.4, -0.2) is 29.6 Å². The average molecular weight is 354 g/mol. The lowest BCUT2D eigenvalue weighted by atomic mass is 9.94. The van der Waals surface area contributed by atoms with Gasteiger partial charge in [-0.25, -0.2) is 4.79 Å². The predicted octanol–water partition coefficient (Wildman–Crippen LogP) is 4.78. The first-order valence-electron chi connectivity index (χ1n) is 8.63. The molecule has 2 saturated heterocycles. The predicted molar refractivity (Wildman–Crippen MR) is 99.4 cm³/mol. The number of piperidine rings is 1. The fourth-order valence-electron chi connectivity index (χ4n) is 3.77. The molecule has 4 heteroatoms. The molecule has 0 N–H and O–H groups in total. The summed E-state index contributed by atoms with van der Waals surface area (Å²) in [7, 11) is 0. The lowest BCUT2D eigenvalue weighted by Crippen LogP contribution is -2.42. The molecule has 0 radical (unpaired) electrons. The summed E-state index contributed by atoms with van der Waals surface area (Å²) in [6.07, 6.45) is 4.94. The molecular formula is C21H20ClNO2. The molecule has 2 aromatic carbocycles. The lowest BCUT2D eigenvalue weighted by molar-refractivity contribution is -0.0270. The van der Waals surface area contributed by atoms with Crippen molar-refractivity contribution in [2.75, 3.05) is 13.1 Å². The summed E-state index contributed by atoms with van der Waals surface area (Å²) in [4.78, 5) is 14.9. The monoisotopic (exact) mass is 353 g/mol. The minimum absolute atomic E-state index is 0.264. The Labute approximate surface area is 152 Å². The van der Waals surface area contributed by atoms with E-state index in [-0.39, 0.29) is 5.97 Å². The second kappa shape index (κ2) is 6.57. The number of hydrogen-bond acceptors (Lipinski definition) is 3. The molecule has 0 saturated carbocycles. The standard InChI is InChI=1S/C21H20ClNO2/c22-18-9-7-17(8-10-18)20(24)25-21-11-4-12-23(15-21)19(14-21)13-16-5-2-1-3-6-16/h1-3,5-10,13H,4,11-12,14-15H2/b19-13+/t21-/m1/s1. The number of carbonyl (C=O) groups excluding carboxylic acids is 1. The summed E-state index contributed by atoms with van der Waals surface area (Å²) in [5, 5.41) is 0.618. The third kappa shape index (κ3) is 3.42. The van der Waals surface area contributed by atoms with Crippen molar-refractivity contribution in [1.29, 1.82) is 0 Å². The van der Waals surface area contributed by atoms with E-state index in [1.165, 1.54) is 11.3 Å². The number of rotatable bonds is 3. The van der Waals surface area contributed by atoms with Crippen LogP contribution in [0.5, 0.6) is 0 Å². The lowest BCUT2D eigenvalue weighted by Gasteiger charge is -2.33. The van der Waals surface area contributed by atoms with Gasteiger partial charge < -0.3 is 9.64 Å². The smallest absolute Gasteiger partial charge is 0.338 e. The van der Waals surface area contributed by atoms with Gasteiger partial charge in [0.15, 0.2) is 0 Å². The van der Waals surface area contributed by atoms with E-state index < -0.39 is 5.60 Å². The van der Waals surface area contributed by atoms with E-state index in [9.17, 15) is 4.79 Å². The molecule has 0 aromatic heterocycles. The molecule has 2 bridgehead atoms. The number of hydrogen-bond donors (Lipinski definition) is 0.